The summed E-state index contributed by atoms with van der Waals surface area (Å²) in [5.74, 6) is -0.912. The Hall–Kier alpha value is -5.02. The van der Waals surface area contributed by atoms with Gasteiger partial charge in [-0.25, -0.2) is 15.0 Å². The van der Waals surface area contributed by atoms with Gasteiger partial charge in [-0.05, 0) is 36.4 Å². The van der Waals surface area contributed by atoms with Gasteiger partial charge in [0.2, 0.25) is 42.0 Å². The summed E-state index contributed by atoms with van der Waals surface area (Å²) in [5, 5.41) is 8.64. The van der Waals surface area contributed by atoms with Crippen LogP contribution in [0.3, 0.4) is 0 Å². The van der Waals surface area contributed by atoms with Gasteiger partial charge in [-0.3, -0.25) is 0 Å². The predicted octanol–water partition coefficient (Wildman–Crippen LogP) is 2.99. The third kappa shape index (κ3) is 18.6. The van der Waals surface area contributed by atoms with Crippen molar-refractivity contribution in [3.63, 3.8) is 0 Å². The van der Waals surface area contributed by atoms with Gasteiger partial charge in [-0.15, -0.1) is 0 Å². The second-order valence-electron chi connectivity index (χ2n) is 7.77. The normalized spacial score (nSPS) is 12.8. The summed E-state index contributed by atoms with van der Waals surface area (Å²) < 4.78 is 0. The van der Waals surface area contributed by atoms with E-state index >= 15 is 0 Å². The summed E-state index contributed by atoms with van der Waals surface area (Å²) in [6.07, 6.45) is -1.35. The second-order valence-corrected chi connectivity index (χ2v) is 7.77. The number of nitrogens with one attached hydrogen (secondary N) is 3. The summed E-state index contributed by atoms with van der Waals surface area (Å²) in [6, 6.07) is 27.3. The Morgan fingerprint density at radius 2 is 0.674 bits per heavy atom. The molecule has 245 valence electrons. The van der Waals surface area contributed by atoms with E-state index in [1.165, 1.54) is 0 Å². The zero-order valence-corrected chi connectivity index (χ0v) is 29.8. The van der Waals surface area contributed by atoms with E-state index in [9.17, 15) is 0 Å². The van der Waals surface area contributed by atoms with Crippen LogP contribution in [0.25, 0.3) is 0 Å². The molecule has 15 N–H and O–H groups in total. The molecule has 0 bridgehead atoms. The smallest absolute Gasteiger partial charge is 0.244 e. The van der Waals surface area contributed by atoms with Crippen LogP contribution < -0.4 is 50.4 Å². The van der Waals surface area contributed by atoms with Crippen molar-refractivity contribution >= 4 is 52.8 Å². The molecule has 0 spiro atoms. The first-order chi connectivity index (χ1) is 21.3. The molecule has 0 fully saturated rings. The first-order valence-corrected chi connectivity index (χ1v) is 13.8. The van der Waals surface area contributed by atoms with Crippen LogP contribution in [0, 0.1) is 7.43 Å². The van der Waals surface area contributed by atoms with Crippen molar-refractivity contribution in [2.75, 3.05) is 16.0 Å². The van der Waals surface area contributed by atoms with Crippen LogP contribution in [-0.2, 0) is 32.7 Å². The average Bonchev–Trinajstić information content (AvgIpc) is 3.00. The molecule has 3 aromatic carbocycles. The van der Waals surface area contributed by atoms with Crippen molar-refractivity contribution in [1.29, 1.82) is 0 Å². The quantitative estimate of drug-likeness (QED) is 0.104. The molecule has 0 atom stereocenters. The maximum absolute atomic E-state index is 5.96. The van der Waals surface area contributed by atoms with Crippen LogP contribution in [-0.4, -0.2) is 42.0 Å². The van der Waals surface area contributed by atoms with Crippen molar-refractivity contribution in [3.05, 3.63) is 98.4 Å². The Balaban J connectivity index is 0. The molecular formula is C30H46N15Y-. The van der Waals surface area contributed by atoms with Crippen molar-refractivity contribution in [2.24, 2.45) is 64.4 Å². The summed E-state index contributed by atoms with van der Waals surface area (Å²) in [6.45, 7) is 8.00. The first-order valence-electron chi connectivity index (χ1n) is 13.8. The molecule has 0 aliphatic carbocycles. The Kier molecular flexibility index (Phi) is 23.7. The molecule has 0 heterocycles. The van der Waals surface area contributed by atoms with Crippen LogP contribution in [0.5, 0.6) is 0 Å². The summed E-state index contributed by atoms with van der Waals surface area (Å²) >= 11 is 0. The Labute approximate surface area is 296 Å². The molecule has 16 heteroatoms. The first kappa shape index (κ1) is 43.1. The molecule has 0 amide bonds. The molecule has 0 aliphatic heterocycles. The standard InChI is InChI=1S/C25H31N15.2C2H6.CH3.Y/c26-19(32-16-10-4-1-5-11-16)35-22(29)38-25(39-23(30)36-20(27)33-17-12-6-2-7-13-17)40-24(31)37-21(28)34-18-14-8-3-9-15-18;2*1-2;;/h1-15,25H,(H5,26,29,32,35,38)(H5,27,30,33,36,39)(H5,28,31,34,37,40);2*1-2H3;1H3;/q;;;-1;. The number of para-hydroxylation sites is 3. The molecule has 3 aromatic rings. The van der Waals surface area contributed by atoms with Gasteiger partial charge in [0, 0.05) is 49.8 Å². The zero-order chi connectivity index (χ0) is 32.7. The van der Waals surface area contributed by atoms with Crippen molar-refractivity contribution in [3.8, 4) is 0 Å². The van der Waals surface area contributed by atoms with E-state index in [1.54, 1.807) is 36.4 Å². The van der Waals surface area contributed by atoms with E-state index in [0.29, 0.717) is 17.1 Å². The molecule has 3 rings (SSSR count). The monoisotopic (exact) mass is 705 g/mol. The molecule has 1 radical (unpaired) electrons. The minimum absolute atomic E-state index is 0. The number of anilines is 3. The fraction of sp³-hybridized carbons (Fsp3) is 0.167. The SMILES string of the molecule is CC.CC.NC(=NC(N=C(N)N=C(N)Nc1ccccc1)N=C(N)N=C(N)Nc1ccccc1)N=C(N)Nc1ccccc1.[CH3-].[Y]. The fourth-order valence-electron chi connectivity index (χ4n) is 2.99. The number of nitrogens with zero attached hydrogens (tertiary/aromatic N) is 6. The molecule has 15 nitrogen and oxygen atoms in total. The van der Waals surface area contributed by atoms with E-state index in [0.717, 1.165) is 0 Å². The molecule has 46 heavy (non-hydrogen) atoms. The number of rotatable bonds is 6. The van der Waals surface area contributed by atoms with Crippen molar-refractivity contribution in [2.45, 2.75) is 34.0 Å². The molecule has 0 aromatic heterocycles. The zero-order valence-electron chi connectivity index (χ0n) is 27.0. The number of nitrogens with two attached hydrogens (primary N) is 6. The average molecular weight is 706 g/mol. The van der Waals surface area contributed by atoms with Gasteiger partial charge in [0.05, 0.1) is 0 Å². The number of aliphatic imine (C=N–C) groups is 6. The Morgan fingerprint density at radius 3 is 0.891 bits per heavy atom. The van der Waals surface area contributed by atoms with Gasteiger partial charge in [-0.1, -0.05) is 82.3 Å². The number of hydrogen-bond donors (Lipinski definition) is 9. The third-order valence-corrected chi connectivity index (χ3v) is 4.59. The van der Waals surface area contributed by atoms with E-state index < -0.39 is 6.29 Å². The van der Waals surface area contributed by atoms with Crippen LogP contribution >= 0.6 is 0 Å². The molecule has 0 saturated carbocycles. The van der Waals surface area contributed by atoms with Gasteiger partial charge < -0.3 is 57.8 Å². The minimum atomic E-state index is -1.35. The maximum Gasteiger partial charge on any atom is 0.244 e. The predicted molar refractivity (Wildman–Crippen MR) is 193 cm³/mol. The molecule has 0 aliphatic rings. The van der Waals surface area contributed by atoms with Gasteiger partial charge in [0.1, 0.15) is 0 Å². The molecule has 0 unspecified atom stereocenters. The summed E-state index contributed by atoms with van der Waals surface area (Å²) in [4.78, 5) is 24.4. The number of guanidine groups is 6. The van der Waals surface area contributed by atoms with Crippen LogP contribution in [0.2, 0.25) is 0 Å². The Bertz CT molecular complexity index is 1250. The van der Waals surface area contributed by atoms with Gasteiger partial charge in [0.15, 0.2) is 0 Å². The van der Waals surface area contributed by atoms with Gasteiger partial charge in [0.25, 0.3) is 0 Å². The van der Waals surface area contributed by atoms with Crippen LogP contribution in [0.4, 0.5) is 17.1 Å². The largest absolute Gasteiger partial charge is 0.369 e. The Morgan fingerprint density at radius 1 is 0.457 bits per heavy atom. The molecular weight excluding hydrogens is 659 g/mol. The molecule has 0 saturated heterocycles. The van der Waals surface area contributed by atoms with Gasteiger partial charge >= 0.3 is 0 Å². The van der Waals surface area contributed by atoms with Crippen LogP contribution in [0.15, 0.2) is 121 Å². The summed E-state index contributed by atoms with van der Waals surface area (Å²) in [7, 11) is 0. The topological polar surface area (TPSA) is 266 Å². The van der Waals surface area contributed by atoms with Crippen molar-refractivity contribution < 1.29 is 32.7 Å². The van der Waals surface area contributed by atoms with Crippen LogP contribution in [0.1, 0.15) is 27.7 Å². The summed E-state index contributed by atoms with van der Waals surface area (Å²) in [5.41, 5.74) is 37.8. The van der Waals surface area contributed by atoms with Crippen molar-refractivity contribution in [1.82, 2.24) is 0 Å². The fourth-order valence-corrected chi connectivity index (χ4v) is 2.99. The van der Waals surface area contributed by atoms with Gasteiger partial charge in [-0.2, -0.15) is 15.0 Å². The van der Waals surface area contributed by atoms with E-state index in [-0.39, 0.29) is 75.9 Å². The third-order valence-electron chi connectivity index (χ3n) is 4.59. The maximum atomic E-state index is 5.96. The minimum Gasteiger partial charge on any atom is -0.369 e. The van der Waals surface area contributed by atoms with E-state index in [4.69, 9.17) is 34.4 Å². The number of benzene rings is 3. The van der Waals surface area contributed by atoms with E-state index in [2.05, 4.69) is 45.9 Å². The van der Waals surface area contributed by atoms with E-state index in [1.807, 2.05) is 82.3 Å². The number of hydrogen-bond acceptors (Lipinski definition) is 3. The second kappa shape index (κ2) is 25.3.